The largest absolute Gasteiger partial charge is 0.478 e. The van der Waals surface area contributed by atoms with Crippen LogP contribution in [0.4, 0.5) is 20.2 Å². The summed E-state index contributed by atoms with van der Waals surface area (Å²) >= 11 is 0. The maximum Gasteiger partial charge on any atom is 0.337 e. The monoisotopic (exact) mass is 412 g/mol. The normalized spacial score (nSPS) is 11.3. The van der Waals surface area contributed by atoms with Crippen molar-refractivity contribution in [3.05, 3.63) is 53.6 Å². The standard InChI is InChI=1S/C19H22F2N2O4S/c1-3-9-23(10-4-2)18-8-5-13(11-15(18)19(24)25)22-28(26,27)14-6-7-16(20)17(21)12-14/h5-8,11-12,22H,3-4,9-10H2,1-2H3,(H,24,25). The van der Waals surface area contributed by atoms with E-state index in [1.165, 1.54) is 18.2 Å². The molecule has 0 aliphatic rings. The quantitative estimate of drug-likeness (QED) is 0.648. The maximum absolute atomic E-state index is 13.4. The third-order valence-electron chi connectivity index (χ3n) is 4.01. The second-order valence-corrected chi connectivity index (χ2v) is 7.89. The van der Waals surface area contributed by atoms with Gasteiger partial charge in [-0.05, 0) is 49.2 Å². The molecule has 152 valence electrons. The van der Waals surface area contributed by atoms with Gasteiger partial charge < -0.3 is 10.0 Å². The van der Waals surface area contributed by atoms with Crippen LogP contribution in [-0.2, 0) is 10.0 Å². The molecular formula is C19H22F2N2O4S. The minimum Gasteiger partial charge on any atom is -0.478 e. The summed E-state index contributed by atoms with van der Waals surface area (Å²) < 4.78 is 53.4. The Balaban J connectivity index is 2.40. The number of carboxylic acids is 1. The zero-order valence-electron chi connectivity index (χ0n) is 15.6. The Hall–Kier alpha value is -2.68. The molecule has 0 aliphatic heterocycles. The Morgan fingerprint density at radius 2 is 1.68 bits per heavy atom. The fourth-order valence-corrected chi connectivity index (χ4v) is 3.86. The molecule has 0 fully saturated rings. The molecule has 0 atom stereocenters. The molecular weight excluding hydrogens is 390 g/mol. The Kier molecular flexibility index (Phi) is 6.95. The van der Waals surface area contributed by atoms with Gasteiger partial charge in [0.1, 0.15) is 0 Å². The predicted molar refractivity (Wildman–Crippen MR) is 103 cm³/mol. The molecule has 0 heterocycles. The second kappa shape index (κ2) is 9.01. The van der Waals surface area contributed by atoms with Crippen molar-refractivity contribution in [1.29, 1.82) is 0 Å². The Morgan fingerprint density at radius 1 is 1.04 bits per heavy atom. The molecule has 2 rings (SSSR count). The lowest BCUT2D eigenvalue weighted by atomic mass is 10.1. The number of nitrogens with zero attached hydrogens (tertiary/aromatic N) is 1. The van der Waals surface area contributed by atoms with Crippen LogP contribution >= 0.6 is 0 Å². The van der Waals surface area contributed by atoms with Crippen LogP contribution in [0, 0.1) is 11.6 Å². The van der Waals surface area contributed by atoms with Crippen molar-refractivity contribution in [2.24, 2.45) is 0 Å². The van der Waals surface area contributed by atoms with Crippen LogP contribution in [0.15, 0.2) is 41.3 Å². The van der Waals surface area contributed by atoms with Crippen molar-refractivity contribution in [3.63, 3.8) is 0 Å². The van der Waals surface area contributed by atoms with E-state index < -0.39 is 32.5 Å². The van der Waals surface area contributed by atoms with E-state index in [-0.39, 0.29) is 11.3 Å². The van der Waals surface area contributed by atoms with E-state index >= 15 is 0 Å². The van der Waals surface area contributed by atoms with Crippen molar-refractivity contribution < 1.29 is 27.1 Å². The molecule has 2 N–H and O–H groups in total. The highest BCUT2D eigenvalue weighted by Crippen LogP contribution is 2.27. The Bertz CT molecular complexity index is 958. The maximum atomic E-state index is 13.4. The van der Waals surface area contributed by atoms with Crippen molar-refractivity contribution in [3.8, 4) is 0 Å². The van der Waals surface area contributed by atoms with Crippen LogP contribution in [0.25, 0.3) is 0 Å². The third kappa shape index (κ3) is 4.98. The van der Waals surface area contributed by atoms with E-state index in [9.17, 15) is 27.1 Å². The summed E-state index contributed by atoms with van der Waals surface area (Å²) in [6.45, 7) is 5.28. The highest BCUT2D eigenvalue weighted by Gasteiger charge is 2.20. The van der Waals surface area contributed by atoms with Crippen LogP contribution in [0.3, 0.4) is 0 Å². The zero-order chi connectivity index (χ0) is 20.9. The van der Waals surface area contributed by atoms with Crippen molar-refractivity contribution >= 4 is 27.4 Å². The van der Waals surface area contributed by atoms with Crippen molar-refractivity contribution in [2.75, 3.05) is 22.7 Å². The minimum atomic E-state index is -4.21. The van der Waals surface area contributed by atoms with E-state index in [4.69, 9.17) is 0 Å². The van der Waals surface area contributed by atoms with Crippen molar-refractivity contribution in [2.45, 2.75) is 31.6 Å². The lowest BCUT2D eigenvalue weighted by Crippen LogP contribution is -2.27. The fraction of sp³-hybridized carbons (Fsp3) is 0.316. The average Bonchev–Trinajstić information content (AvgIpc) is 2.63. The highest BCUT2D eigenvalue weighted by molar-refractivity contribution is 7.92. The number of hydrogen-bond donors (Lipinski definition) is 2. The van der Waals surface area contributed by atoms with Gasteiger partial charge in [0, 0.05) is 18.8 Å². The number of carboxylic acid groups (broad SMARTS) is 1. The van der Waals surface area contributed by atoms with Crippen LogP contribution < -0.4 is 9.62 Å². The number of halogens is 2. The van der Waals surface area contributed by atoms with Gasteiger partial charge in [-0.2, -0.15) is 0 Å². The molecule has 2 aromatic rings. The van der Waals surface area contributed by atoms with Gasteiger partial charge in [0.25, 0.3) is 10.0 Å². The van der Waals surface area contributed by atoms with Crippen LogP contribution in [0.1, 0.15) is 37.0 Å². The first kappa shape index (κ1) is 21.6. The molecule has 0 unspecified atom stereocenters. The summed E-state index contributed by atoms with van der Waals surface area (Å²) in [5.41, 5.74) is 0.457. The van der Waals surface area contributed by atoms with Crippen LogP contribution in [0.5, 0.6) is 0 Å². The second-order valence-electron chi connectivity index (χ2n) is 6.21. The Morgan fingerprint density at radius 3 is 2.21 bits per heavy atom. The smallest absolute Gasteiger partial charge is 0.337 e. The SMILES string of the molecule is CCCN(CCC)c1ccc(NS(=O)(=O)c2ccc(F)c(F)c2)cc1C(=O)O. The first-order chi connectivity index (χ1) is 13.2. The van der Waals surface area contributed by atoms with Gasteiger partial charge in [-0.3, -0.25) is 4.72 Å². The molecule has 28 heavy (non-hydrogen) atoms. The number of carbonyl (C=O) groups is 1. The van der Waals surface area contributed by atoms with Crippen LogP contribution in [0.2, 0.25) is 0 Å². The van der Waals surface area contributed by atoms with E-state index in [0.29, 0.717) is 30.9 Å². The first-order valence-electron chi connectivity index (χ1n) is 8.79. The number of aromatic carboxylic acids is 1. The number of nitrogens with one attached hydrogen (secondary N) is 1. The number of rotatable bonds is 9. The molecule has 0 amide bonds. The zero-order valence-corrected chi connectivity index (χ0v) is 16.4. The highest BCUT2D eigenvalue weighted by atomic mass is 32.2. The van der Waals surface area contributed by atoms with E-state index in [1.807, 2.05) is 18.7 Å². The van der Waals surface area contributed by atoms with Crippen molar-refractivity contribution in [1.82, 2.24) is 0 Å². The van der Waals surface area contributed by atoms with E-state index in [1.54, 1.807) is 0 Å². The lowest BCUT2D eigenvalue weighted by molar-refractivity contribution is 0.0697. The average molecular weight is 412 g/mol. The van der Waals surface area contributed by atoms with Crippen LogP contribution in [-0.4, -0.2) is 32.6 Å². The van der Waals surface area contributed by atoms with Gasteiger partial charge in [0.2, 0.25) is 0 Å². The molecule has 0 radical (unpaired) electrons. The third-order valence-corrected chi connectivity index (χ3v) is 5.39. The topological polar surface area (TPSA) is 86.7 Å². The van der Waals surface area contributed by atoms with Gasteiger partial charge in [-0.1, -0.05) is 13.8 Å². The summed E-state index contributed by atoms with van der Waals surface area (Å²) in [5.74, 6) is -3.65. The molecule has 9 heteroatoms. The van der Waals surface area contributed by atoms with E-state index in [2.05, 4.69) is 4.72 Å². The van der Waals surface area contributed by atoms with Gasteiger partial charge in [-0.25, -0.2) is 22.0 Å². The molecule has 0 bridgehead atoms. The van der Waals surface area contributed by atoms with Gasteiger partial charge in [0.15, 0.2) is 11.6 Å². The first-order valence-corrected chi connectivity index (χ1v) is 10.3. The number of hydrogen-bond acceptors (Lipinski definition) is 4. The number of anilines is 2. The predicted octanol–water partition coefficient (Wildman–Crippen LogP) is 4.09. The number of benzene rings is 2. The Labute approximate surface area is 162 Å². The van der Waals surface area contributed by atoms with E-state index in [0.717, 1.165) is 18.9 Å². The summed E-state index contributed by atoms with van der Waals surface area (Å²) in [5, 5.41) is 9.56. The summed E-state index contributed by atoms with van der Waals surface area (Å²) in [6, 6.07) is 6.40. The lowest BCUT2D eigenvalue weighted by Gasteiger charge is -2.25. The molecule has 0 spiro atoms. The molecule has 0 saturated carbocycles. The summed E-state index contributed by atoms with van der Waals surface area (Å²) in [6.07, 6.45) is 1.65. The summed E-state index contributed by atoms with van der Waals surface area (Å²) in [7, 11) is -4.21. The van der Waals surface area contributed by atoms with Gasteiger partial charge in [-0.15, -0.1) is 0 Å². The summed E-state index contributed by atoms with van der Waals surface area (Å²) in [4.78, 5) is 13.2. The molecule has 6 nitrogen and oxygen atoms in total. The molecule has 2 aromatic carbocycles. The number of sulfonamides is 1. The fourth-order valence-electron chi connectivity index (χ4n) is 2.80. The molecule has 0 saturated heterocycles. The molecule has 0 aromatic heterocycles. The molecule has 0 aliphatic carbocycles. The minimum absolute atomic E-state index is 0.0128. The van der Waals surface area contributed by atoms with Gasteiger partial charge in [0.05, 0.1) is 16.1 Å². The van der Waals surface area contributed by atoms with Gasteiger partial charge >= 0.3 is 5.97 Å².